The summed E-state index contributed by atoms with van der Waals surface area (Å²) >= 11 is 0. The second-order valence-corrected chi connectivity index (χ2v) is 3.86. The number of hydrogen-bond donors (Lipinski definition) is 0. The molecule has 0 aliphatic rings. The third kappa shape index (κ3) is 7.46. The predicted molar refractivity (Wildman–Crippen MR) is 49.2 cm³/mol. The minimum Gasteiger partial charge on any atom is -0.460 e. The summed E-state index contributed by atoms with van der Waals surface area (Å²) in [5.74, 6) is -0.129. The van der Waals surface area contributed by atoms with Crippen LogP contribution in [0, 0.1) is 0 Å². The Balaban J connectivity index is 3.75. The van der Waals surface area contributed by atoms with Gasteiger partial charge in [-0.3, -0.25) is 9.59 Å². The SMILES string of the molecule is CC(=O)C[N+](C)(C)CCOC(C)=O. The molecule has 0 amide bonds. The monoisotopic (exact) mass is 188 g/mol. The van der Waals surface area contributed by atoms with Crippen molar-refractivity contribution in [2.24, 2.45) is 0 Å². The van der Waals surface area contributed by atoms with Crippen molar-refractivity contribution in [1.29, 1.82) is 0 Å². The first kappa shape index (κ1) is 12.1. The maximum atomic E-state index is 10.8. The van der Waals surface area contributed by atoms with Gasteiger partial charge in [0.15, 0.2) is 5.78 Å². The van der Waals surface area contributed by atoms with Crippen molar-refractivity contribution in [2.45, 2.75) is 13.8 Å². The Morgan fingerprint density at radius 3 is 2.15 bits per heavy atom. The second kappa shape index (κ2) is 4.97. The average Bonchev–Trinajstić information content (AvgIpc) is 1.81. The lowest BCUT2D eigenvalue weighted by Crippen LogP contribution is -2.45. The summed E-state index contributed by atoms with van der Waals surface area (Å²) in [7, 11) is 3.87. The van der Waals surface area contributed by atoms with Gasteiger partial charge in [0, 0.05) is 13.8 Å². The van der Waals surface area contributed by atoms with E-state index >= 15 is 0 Å². The highest BCUT2D eigenvalue weighted by Gasteiger charge is 2.17. The first-order chi connectivity index (χ1) is 5.83. The van der Waals surface area contributed by atoms with Crippen LogP contribution in [0.4, 0.5) is 0 Å². The molecule has 0 atom stereocenters. The predicted octanol–water partition coefficient (Wildman–Crippen LogP) is 0.215. The number of ether oxygens (including phenoxy) is 1. The largest absolute Gasteiger partial charge is 0.460 e. The van der Waals surface area contributed by atoms with E-state index in [1.54, 1.807) is 6.92 Å². The molecule has 4 heteroatoms. The van der Waals surface area contributed by atoms with Crippen LogP contribution in [0.25, 0.3) is 0 Å². The van der Waals surface area contributed by atoms with Crippen molar-refractivity contribution in [3.05, 3.63) is 0 Å². The molecule has 0 radical (unpaired) electrons. The first-order valence-corrected chi connectivity index (χ1v) is 4.28. The molecule has 13 heavy (non-hydrogen) atoms. The average molecular weight is 188 g/mol. The standard InChI is InChI=1S/C9H18NO3/c1-8(11)7-10(3,4)5-6-13-9(2)12/h5-7H2,1-4H3/q+1. The highest BCUT2D eigenvalue weighted by atomic mass is 16.5. The van der Waals surface area contributed by atoms with Crippen LogP contribution in [0.3, 0.4) is 0 Å². The molecule has 0 heterocycles. The van der Waals surface area contributed by atoms with E-state index in [2.05, 4.69) is 0 Å². The first-order valence-electron chi connectivity index (χ1n) is 4.28. The van der Waals surface area contributed by atoms with Gasteiger partial charge in [0.2, 0.25) is 0 Å². The zero-order valence-electron chi connectivity index (χ0n) is 8.79. The summed E-state index contributed by atoms with van der Waals surface area (Å²) in [6, 6.07) is 0. The smallest absolute Gasteiger partial charge is 0.302 e. The Hall–Kier alpha value is -0.900. The number of carbonyl (C=O) groups is 2. The number of nitrogens with zero attached hydrogens (tertiary/aromatic N) is 1. The lowest BCUT2D eigenvalue weighted by molar-refractivity contribution is -0.882. The zero-order chi connectivity index (χ0) is 10.5. The number of quaternary nitrogens is 1. The van der Waals surface area contributed by atoms with Crippen molar-refractivity contribution in [3.8, 4) is 0 Å². The van der Waals surface area contributed by atoms with Crippen LogP contribution in [0.1, 0.15) is 13.8 Å². The number of hydrogen-bond acceptors (Lipinski definition) is 3. The van der Waals surface area contributed by atoms with Crippen LogP contribution in [0.5, 0.6) is 0 Å². The number of Topliss-reactive ketones (excluding diaryl/α,β-unsaturated/α-hetero) is 1. The number of esters is 1. The molecule has 0 unspecified atom stereocenters. The fourth-order valence-electron chi connectivity index (χ4n) is 1.12. The van der Waals surface area contributed by atoms with Crippen molar-refractivity contribution >= 4 is 11.8 Å². The molecule has 0 aromatic rings. The van der Waals surface area contributed by atoms with Gasteiger partial charge in [0.25, 0.3) is 0 Å². The summed E-state index contributed by atoms with van der Waals surface area (Å²) in [5.41, 5.74) is 0. The van der Waals surface area contributed by atoms with E-state index in [0.717, 1.165) is 0 Å². The third-order valence-electron chi connectivity index (χ3n) is 1.65. The summed E-state index contributed by atoms with van der Waals surface area (Å²) < 4.78 is 5.35. The van der Waals surface area contributed by atoms with Gasteiger partial charge in [0.05, 0.1) is 14.1 Å². The Kier molecular flexibility index (Phi) is 4.62. The highest BCUT2D eigenvalue weighted by molar-refractivity contribution is 5.76. The maximum Gasteiger partial charge on any atom is 0.302 e. The maximum absolute atomic E-state index is 10.8. The minimum absolute atomic E-state index is 0.146. The van der Waals surface area contributed by atoms with E-state index in [-0.39, 0.29) is 11.8 Å². The van der Waals surface area contributed by atoms with Gasteiger partial charge in [-0.25, -0.2) is 0 Å². The summed E-state index contributed by atoms with van der Waals surface area (Å²) in [6.45, 7) is 4.45. The molecule has 0 fully saturated rings. The Labute approximate surface area is 79.1 Å². The van der Waals surface area contributed by atoms with Crippen LogP contribution in [0.2, 0.25) is 0 Å². The van der Waals surface area contributed by atoms with E-state index in [1.807, 2.05) is 14.1 Å². The molecule has 0 saturated heterocycles. The molecule has 0 saturated carbocycles. The molecule has 0 aliphatic carbocycles. The van der Waals surface area contributed by atoms with Crippen LogP contribution >= 0.6 is 0 Å². The van der Waals surface area contributed by atoms with Gasteiger partial charge < -0.3 is 9.22 Å². The molecule has 4 nitrogen and oxygen atoms in total. The van der Waals surface area contributed by atoms with Gasteiger partial charge in [-0.15, -0.1) is 0 Å². The van der Waals surface area contributed by atoms with Crippen molar-refractivity contribution < 1.29 is 18.8 Å². The topological polar surface area (TPSA) is 43.4 Å². The van der Waals surface area contributed by atoms with E-state index in [4.69, 9.17) is 4.74 Å². The Bertz CT molecular complexity index is 199. The summed E-state index contributed by atoms with van der Waals surface area (Å²) in [5, 5.41) is 0. The molecule has 0 rings (SSSR count). The zero-order valence-corrected chi connectivity index (χ0v) is 8.79. The summed E-state index contributed by atoms with van der Waals surface area (Å²) in [6.07, 6.45) is 0. The fourth-order valence-corrected chi connectivity index (χ4v) is 1.12. The minimum atomic E-state index is -0.275. The van der Waals surface area contributed by atoms with Gasteiger partial charge in [0.1, 0.15) is 19.7 Å². The number of likely N-dealkylation sites (N-methyl/N-ethyl adjacent to an activating group) is 1. The quantitative estimate of drug-likeness (QED) is 0.458. The van der Waals surface area contributed by atoms with E-state index in [0.29, 0.717) is 24.2 Å². The molecule has 0 N–H and O–H groups in total. The van der Waals surface area contributed by atoms with Crippen molar-refractivity contribution in [2.75, 3.05) is 33.8 Å². The lowest BCUT2D eigenvalue weighted by Gasteiger charge is -2.27. The number of ketones is 1. The highest BCUT2D eigenvalue weighted by Crippen LogP contribution is 1.96. The fraction of sp³-hybridized carbons (Fsp3) is 0.778. The van der Waals surface area contributed by atoms with Crippen LogP contribution < -0.4 is 0 Å². The van der Waals surface area contributed by atoms with E-state index in [9.17, 15) is 9.59 Å². The van der Waals surface area contributed by atoms with Crippen molar-refractivity contribution in [3.63, 3.8) is 0 Å². The normalized spacial score (nSPS) is 11.1. The van der Waals surface area contributed by atoms with Gasteiger partial charge in [-0.1, -0.05) is 0 Å². The molecule has 0 aromatic heterocycles. The Morgan fingerprint density at radius 1 is 1.23 bits per heavy atom. The van der Waals surface area contributed by atoms with Gasteiger partial charge in [-0.2, -0.15) is 0 Å². The Morgan fingerprint density at radius 2 is 1.77 bits per heavy atom. The molecule has 0 spiro atoms. The second-order valence-electron chi connectivity index (χ2n) is 3.86. The molecule has 0 aliphatic heterocycles. The molecule has 0 bridgehead atoms. The van der Waals surface area contributed by atoms with Gasteiger partial charge in [-0.05, 0) is 0 Å². The van der Waals surface area contributed by atoms with Crippen LogP contribution in [-0.2, 0) is 14.3 Å². The molecular formula is C9H18NO3+. The lowest BCUT2D eigenvalue weighted by atomic mass is 10.3. The van der Waals surface area contributed by atoms with E-state index < -0.39 is 0 Å². The summed E-state index contributed by atoms with van der Waals surface area (Å²) in [4.78, 5) is 21.3. The van der Waals surface area contributed by atoms with E-state index in [1.165, 1.54) is 6.92 Å². The molecular weight excluding hydrogens is 170 g/mol. The number of carbonyl (C=O) groups excluding carboxylic acids is 2. The molecule has 76 valence electrons. The molecule has 0 aromatic carbocycles. The third-order valence-corrected chi connectivity index (χ3v) is 1.65. The number of rotatable bonds is 5. The van der Waals surface area contributed by atoms with Gasteiger partial charge >= 0.3 is 5.97 Å². The van der Waals surface area contributed by atoms with Crippen molar-refractivity contribution in [1.82, 2.24) is 0 Å². The van der Waals surface area contributed by atoms with Crippen LogP contribution in [-0.4, -0.2) is 50.0 Å². The van der Waals surface area contributed by atoms with Crippen LogP contribution in [0.15, 0.2) is 0 Å².